The average molecular weight is 286 g/mol. The summed E-state index contributed by atoms with van der Waals surface area (Å²) in [7, 11) is 0. The number of hydrogen-bond donors (Lipinski definition) is 1. The van der Waals surface area contributed by atoms with Crippen LogP contribution in [0.2, 0.25) is 0 Å². The van der Waals surface area contributed by atoms with Crippen LogP contribution < -0.4 is 0 Å². The first kappa shape index (κ1) is 14.9. The van der Waals surface area contributed by atoms with Crippen LogP contribution in [0.4, 0.5) is 0 Å². The van der Waals surface area contributed by atoms with Crippen molar-refractivity contribution in [1.82, 2.24) is 0 Å². The minimum Gasteiger partial charge on any atom is -0.508 e. The number of hydrogen-bond acceptors (Lipinski definition) is 1. The molecule has 2 atom stereocenters. The predicted octanol–water partition coefficient (Wildman–Crippen LogP) is 5.68. The molecular weight excluding hydrogens is 256 g/mol. The van der Waals surface area contributed by atoms with Crippen LogP contribution in [0, 0.1) is 18.3 Å². The molecular formula is C20H30O. The molecule has 0 amide bonds. The Morgan fingerprint density at radius 2 is 1.95 bits per heavy atom. The van der Waals surface area contributed by atoms with Gasteiger partial charge >= 0.3 is 0 Å². The fourth-order valence-corrected chi connectivity index (χ4v) is 5.27. The van der Waals surface area contributed by atoms with Gasteiger partial charge in [-0.2, -0.15) is 0 Å². The fourth-order valence-electron chi connectivity index (χ4n) is 5.27. The standard InChI is InChI=1S/C20H30O/c1-12(2)18-15-8-9-16-14(7-6-10-20(16,4)5)19(15)13(3)11-17(18)21/h11-12,14,16,21H,6-10H2,1-5H3. The molecule has 1 fully saturated rings. The predicted molar refractivity (Wildman–Crippen MR) is 89.1 cm³/mol. The molecule has 2 aliphatic carbocycles. The lowest BCUT2D eigenvalue weighted by atomic mass is 9.56. The topological polar surface area (TPSA) is 20.2 Å². The van der Waals surface area contributed by atoms with Gasteiger partial charge in [0.05, 0.1) is 0 Å². The van der Waals surface area contributed by atoms with E-state index in [0.717, 1.165) is 18.3 Å². The monoisotopic (exact) mass is 286 g/mol. The van der Waals surface area contributed by atoms with Gasteiger partial charge in [0.25, 0.3) is 0 Å². The smallest absolute Gasteiger partial charge is 0.119 e. The Hall–Kier alpha value is -0.980. The van der Waals surface area contributed by atoms with Crippen LogP contribution >= 0.6 is 0 Å². The summed E-state index contributed by atoms with van der Waals surface area (Å²) in [6, 6.07) is 2.03. The number of aromatic hydroxyl groups is 1. The van der Waals surface area contributed by atoms with E-state index in [1.54, 1.807) is 5.56 Å². The van der Waals surface area contributed by atoms with Crippen molar-refractivity contribution in [3.05, 3.63) is 28.3 Å². The molecule has 1 N–H and O–H groups in total. The van der Waals surface area contributed by atoms with Crippen molar-refractivity contribution in [2.75, 3.05) is 0 Å². The van der Waals surface area contributed by atoms with Crippen LogP contribution in [0.5, 0.6) is 5.75 Å². The Morgan fingerprint density at radius 3 is 2.62 bits per heavy atom. The van der Waals surface area contributed by atoms with Gasteiger partial charge in [0, 0.05) is 0 Å². The summed E-state index contributed by atoms with van der Waals surface area (Å²) in [4.78, 5) is 0. The average Bonchev–Trinajstić information content (AvgIpc) is 2.36. The number of fused-ring (bicyclic) bond motifs is 3. The van der Waals surface area contributed by atoms with Gasteiger partial charge < -0.3 is 5.11 Å². The first-order chi connectivity index (χ1) is 9.83. The zero-order valence-corrected chi connectivity index (χ0v) is 14.3. The molecule has 0 aromatic heterocycles. The third kappa shape index (κ3) is 2.29. The normalized spacial score (nSPS) is 27.3. The van der Waals surface area contributed by atoms with Gasteiger partial charge in [-0.05, 0) is 84.1 Å². The third-order valence-corrected chi connectivity index (χ3v) is 6.18. The van der Waals surface area contributed by atoms with E-state index in [9.17, 15) is 5.11 Å². The lowest BCUT2D eigenvalue weighted by Gasteiger charge is -2.48. The summed E-state index contributed by atoms with van der Waals surface area (Å²) in [6.45, 7) is 11.6. The number of phenolic OH excluding ortho intramolecular Hbond substituents is 1. The van der Waals surface area contributed by atoms with Crippen LogP contribution in [-0.2, 0) is 6.42 Å². The van der Waals surface area contributed by atoms with Gasteiger partial charge in [0.1, 0.15) is 5.75 Å². The van der Waals surface area contributed by atoms with Crippen LogP contribution in [-0.4, -0.2) is 5.11 Å². The zero-order chi connectivity index (χ0) is 15.4. The third-order valence-electron chi connectivity index (χ3n) is 6.18. The highest BCUT2D eigenvalue weighted by molar-refractivity contribution is 5.53. The molecule has 0 aliphatic heterocycles. The van der Waals surface area contributed by atoms with Crippen molar-refractivity contribution in [2.45, 2.75) is 78.6 Å². The maximum atomic E-state index is 10.4. The molecule has 3 rings (SSSR count). The van der Waals surface area contributed by atoms with E-state index in [0.29, 0.717) is 17.1 Å². The van der Waals surface area contributed by atoms with Crippen molar-refractivity contribution in [1.29, 1.82) is 0 Å². The fraction of sp³-hybridized carbons (Fsp3) is 0.700. The lowest BCUT2D eigenvalue weighted by molar-refractivity contribution is 0.0966. The highest BCUT2D eigenvalue weighted by Crippen LogP contribution is 2.55. The Morgan fingerprint density at radius 1 is 1.24 bits per heavy atom. The van der Waals surface area contributed by atoms with Crippen molar-refractivity contribution in [2.24, 2.45) is 11.3 Å². The molecule has 1 aromatic rings. The molecule has 1 saturated carbocycles. The first-order valence-electron chi connectivity index (χ1n) is 8.68. The van der Waals surface area contributed by atoms with E-state index in [2.05, 4.69) is 34.6 Å². The summed E-state index contributed by atoms with van der Waals surface area (Å²) in [5, 5.41) is 10.4. The van der Waals surface area contributed by atoms with Gasteiger partial charge in [-0.1, -0.05) is 34.1 Å². The van der Waals surface area contributed by atoms with Crippen molar-refractivity contribution >= 4 is 0 Å². The van der Waals surface area contributed by atoms with Gasteiger partial charge in [0.15, 0.2) is 0 Å². The van der Waals surface area contributed by atoms with E-state index in [1.165, 1.54) is 42.4 Å². The van der Waals surface area contributed by atoms with E-state index < -0.39 is 0 Å². The van der Waals surface area contributed by atoms with E-state index >= 15 is 0 Å². The molecule has 1 nitrogen and oxygen atoms in total. The second-order valence-corrected chi connectivity index (χ2v) is 8.31. The number of rotatable bonds is 1. The van der Waals surface area contributed by atoms with Crippen molar-refractivity contribution in [3.8, 4) is 5.75 Å². The summed E-state index contributed by atoms with van der Waals surface area (Å²) < 4.78 is 0. The Kier molecular flexibility index (Phi) is 3.58. The van der Waals surface area contributed by atoms with Crippen molar-refractivity contribution in [3.63, 3.8) is 0 Å². The first-order valence-corrected chi connectivity index (χ1v) is 8.68. The maximum absolute atomic E-state index is 10.4. The summed E-state index contributed by atoms with van der Waals surface area (Å²) >= 11 is 0. The van der Waals surface area contributed by atoms with Gasteiger partial charge in [-0.3, -0.25) is 0 Å². The Bertz CT molecular complexity index is 553. The van der Waals surface area contributed by atoms with Crippen LogP contribution in [0.15, 0.2) is 6.07 Å². The molecule has 0 bridgehead atoms. The molecule has 2 unspecified atom stereocenters. The molecule has 1 aromatic carbocycles. The highest BCUT2D eigenvalue weighted by Gasteiger charge is 2.43. The molecule has 1 heteroatoms. The second kappa shape index (κ2) is 5.04. The Labute approximate surface area is 129 Å². The molecule has 0 saturated heterocycles. The molecule has 0 heterocycles. The molecule has 0 spiro atoms. The van der Waals surface area contributed by atoms with Gasteiger partial charge in [-0.25, -0.2) is 0 Å². The quantitative estimate of drug-likeness (QED) is 0.704. The SMILES string of the molecule is Cc1cc(O)c(C(C)C)c2c1C1CCCC(C)(C)C1CC2. The molecule has 116 valence electrons. The number of benzene rings is 1. The number of aryl methyl sites for hydroxylation is 1. The highest BCUT2D eigenvalue weighted by atomic mass is 16.3. The minimum absolute atomic E-state index is 0.410. The maximum Gasteiger partial charge on any atom is 0.119 e. The largest absolute Gasteiger partial charge is 0.508 e. The molecule has 2 aliphatic rings. The van der Waals surface area contributed by atoms with Gasteiger partial charge in [0.2, 0.25) is 0 Å². The minimum atomic E-state index is 0.410. The van der Waals surface area contributed by atoms with Gasteiger partial charge in [-0.15, -0.1) is 0 Å². The zero-order valence-electron chi connectivity index (χ0n) is 14.3. The second-order valence-electron chi connectivity index (χ2n) is 8.31. The summed E-state index contributed by atoms with van der Waals surface area (Å²) in [5.74, 6) is 2.47. The number of phenols is 1. The van der Waals surface area contributed by atoms with Crippen molar-refractivity contribution < 1.29 is 5.11 Å². The summed E-state index contributed by atoms with van der Waals surface area (Å²) in [6.07, 6.45) is 6.52. The molecule has 21 heavy (non-hydrogen) atoms. The van der Waals surface area contributed by atoms with Crippen LogP contribution in [0.1, 0.15) is 87.5 Å². The van der Waals surface area contributed by atoms with Crippen LogP contribution in [0.25, 0.3) is 0 Å². The van der Waals surface area contributed by atoms with E-state index in [1.807, 2.05) is 6.07 Å². The van der Waals surface area contributed by atoms with E-state index in [4.69, 9.17) is 0 Å². The summed E-state index contributed by atoms with van der Waals surface area (Å²) in [5.41, 5.74) is 6.10. The van der Waals surface area contributed by atoms with E-state index in [-0.39, 0.29) is 0 Å². The van der Waals surface area contributed by atoms with Crippen LogP contribution in [0.3, 0.4) is 0 Å². The Balaban J connectivity index is 2.16. The molecule has 0 radical (unpaired) electrons. The lowest BCUT2D eigenvalue weighted by Crippen LogP contribution is -2.37.